The van der Waals surface area contributed by atoms with Gasteiger partial charge in [-0.1, -0.05) is 6.07 Å². The number of hydrogen-bond donors (Lipinski definition) is 1. The molecule has 0 bridgehead atoms. The van der Waals surface area contributed by atoms with Gasteiger partial charge in [0.2, 0.25) is 0 Å². The summed E-state index contributed by atoms with van der Waals surface area (Å²) in [5.74, 6) is 1.29. The molecule has 6 nitrogen and oxygen atoms in total. The van der Waals surface area contributed by atoms with Crippen LogP contribution in [0.1, 0.15) is 6.42 Å². The molecule has 104 valence electrons. The molecule has 1 aliphatic heterocycles. The van der Waals surface area contributed by atoms with E-state index < -0.39 is 11.2 Å². The van der Waals surface area contributed by atoms with Crippen LogP contribution in [0.3, 0.4) is 0 Å². The van der Waals surface area contributed by atoms with Gasteiger partial charge in [-0.15, -0.1) is 0 Å². The summed E-state index contributed by atoms with van der Waals surface area (Å²) in [6.45, 7) is 1.20. The number of aryl methyl sites for hydroxylation is 1. The average Bonchev–Trinajstić information content (AvgIpc) is 2.67. The van der Waals surface area contributed by atoms with Crippen LogP contribution >= 0.6 is 0 Å². The van der Waals surface area contributed by atoms with E-state index >= 15 is 0 Å². The number of rotatable bonds is 1. The molecule has 1 N–H and O–H groups in total. The van der Waals surface area contributed by atoms with E-state index in [-0.39, 0.29) is 0 Å². The Morgan fingerprint density at radius 1 is 1.15 bits per heavy atom. The lowest BCUT2D eigenvalue weighted by Gasteiger charge is -2.09. The largest absolute Gasteiger partial charge is 0.490 e. The molecule has 1 aliphatic rings. The van der Waals surface area contributed by atoms with Crippen molar-refractivity contribution in [1.29, 1.82) is 0 Å². The molecule has 0 atom stereocenters. The fourth-order valence-corrected chi connectivity index (χ4v) is 2.10. The zero-order valence-electron chi connectivity index (χ0n) is 11.0. The molecule has 0 saturated heterocycles. The Morgan fingerprint density at radius 3 is 2.70 bits per heavy atom. The summed E-state index contributed by atoms with van der Waals surface area (Å²) in [5, 5.41) is 0. The first-order valence-corrected chi connectivity index (χ1v) is 6.35. The quantitative estimate of drug-likeness (QED) is 0.838. The van der Waals surface area contributed by atoms with Crippen molar-refractivity contribution in [3.63, 3.8) is 0 Å². The van der Waals surface area contributed by atoms with Crippen molar-refractivity contribution >= 4 is 0 Å². The summed E-state index contributed by atoms with van der Waals surface area (Å²) in [7, 11) is 1.59. The van der Waals surface area contributed by atoms with E-state index in [0.29, 0.717) is 35.8 Å². The Hall–Kier alpha value is -2.50. The second kappa shape index (κ2) is 4.88. The lowest BCUT2D eigenvalue weighted by atomic mass is 10.1. The number of ether oxygens (including phenoxy) is 2. The highest BCUT2D eigenvalue weighted by Gasteiger charge is 2.13. The first-order valence-electron chi connectivity index (χ1n) is 6.35. The minimum atomic E-state index is -0.437. The summed E-state index contributed by atoms with van der Waals surface area (Å²) in [5.41, 5.74) is 0.254. The van der Waals surface area contributed by atoms with Gasteiger partial charge in [-0.3, -0.25) is 9.78 Å². The second-order valence-electron chi connectivity index (χ2n) is 4.62. The van der Waals surface area contributed by atoms with E-state index in [1.165, 1.54) is 10.8 Å². The first-order chi connectivity index (χ1) is 9.65. The maximum absolute atomic E-state index is 11.9. The number of benzene rings is 1. The van der Waals surface area contributed by atoms with Gasteiger partial charge in [0.05, 0.1) is 18.8 Å². The van der Waals surface area contributed by atoms with Crippen LogP contribution in [0.25, 0.3) is 11.1 Å². The van der Waals surface area contributed by atoms with Crippen LogP contribution in [0, 0.1) is 0 Å². The van der Waals surface area contributed by atoms with Gasteiger partial charge in [0, 0.05) is 19.7 Å². The number of aromatic nitrogens is 2. The molecule has 6 heteroatoms. The molecule has 0 saturated carbocycles. The second-order valence-corrected chi connectivity index (χ2v) is 4.62. The summed E-state index contributed by atoms with van der Waals surface area (Å²) >= 11 is 0. The monoisotopic (exact) mass is 274 g/mol. The van der Waals surface area contributed by atoms with Gasteiger partial charge in [-0.2, -0.15) is 0 Å². The van der Waals surface area contributed by atoms with E-state index in [2.05, 4.69) is 4.98 Å². The van der Waals surface area contributed by atoms with Crippen LogP contribution in [0.4, 0.5) is 0 Å². The SMILES string of the molecule is Cn1cc(-c2ccc3c(c2)OCCCO3)c(=O)[nH]c1=O. The molecule has 0 aliphatic carbocycles. The highest BCUT2D eigenvalue weighted by Crippen LogP contribution is 2.33. The van der Waals surface area contributed by atoms with Gasteiger partial charge in [-0.05, 0) is 17.7 Å². The van der Waals surface area contributed by atoms with Crippen molar-refractivity contribution < 1.29 is 9.47 Å². The molecule has 3 rings (SSSR count). The molecule has 0 amide bonds. The molecular formula is C14H14N2O4. The molecule has 0 unspecified atom stereocenters. The highest BCUT2D eigenvalue weighted by molar-refractivity contribution is 5.65. The van der Waals surface area contributed by atoms with E-state index in [1.54, 1.807) is 25.2 Å². The Kier molecular flexibility index (Phi) is 3.06. The maximum Gasteiger partial charge on any atom is 0.328 e. The standard InChI is InChI=1S/C14H14N2O4/c1-16-8-10(13(17)15-14(16)18)9-3-4-11-12(7-9)20-6-2-5-19-11/h3-4,7-8H,2,5-6H2,1H3,(H,15,17,18). The fourth-order valence-electron chi connectivity index (χ4n) is 2.10. The molecule has 1 aromatic heterocycles. The zero-order chi connectivity index (χ0) is 14.1. The molecule has 2 aromatic rings. The van der Waals surface area contributed by atoms with Crippen molar-refractivity contribution in [2.45, 2.75) is 6.42 Å². The van der Waals surface area contributed by atoms with E-state index in [1.807, 2.05) is 0 Å². The Labute approximate surface area is 114 Å². The van der Waals surface area contributed by atoms with Gasteiger partial charge in [0.1, 0.15) is 0 Å². The minimum absolute atomic E-state index is 0.414. The molecule has 0 spiro atoms. The zero-order valence-corrected chi connectivity index (χ0v) is 11.0. The molecule has 20 heavy (non-hydrogen) atoms. The number of hydrogen-bond acceptors (Lipinski definition) is 4. The number of aromatic amines is 1. The van der Waals surface area contributed by atoms with E-state index in [9.17, 15) is 9.59 Å². The Balaban J connectivity index is 2.11. The van der Waals surface area contributed by atoms with Gasteiger partial charge in [-0.25, -0.2) is 4.79 Å². The van der Waals surface area contributed by atoms with Gasteiger partial charge < -0.3 is 14.0 Å². The third-order valence-electron chi connectivity index (χ3n) is 3.17. The van der Waals surface area contributed by atoms with Crippen LogP contribution in [0.15, 0.2) is 34.0 Å². The van der Waals surface area contributed by atoms with Crippen LogP contribution in [0.5, 0.6) is 11.5 Å². The van der Waals surface area contributed by atoms with Crippen molar-refractivity contribution in [3.8, 4) is 22.6 Å². The summed E-state index contributed by atoms with van der Waals surface area (Å²) in [6, 6.07) is 5.32. The lowest BCUT2D eigenvalue weighted by molar-refractivity contribution is 0.297. The normalized spacial score (nSPS) is 13.8. The van der Waals surface area contributed by atoms with Crippen LogP contribution in [0.2, 0.25) is 0 Å². The smallest absolute Gasteiger partial charge is 0.328 e. The predicted molar refractivity (Wildman–Crippen MR) is 73.3 cm³/mol. The first kappa shape index (κ1) is 12.5. The summed E-state index contributed by atoms with van der Waals surface area (Å²) in [6.07, 6.45) is 2.34. The van der Waals surface area contributed by atoms with E-state index in [4.69, 9.17) is 9.47 Å². The minimum Gasteiger partial charge on any atom is -0.490 e. The topological polar surface area (TPSA) is 73.3 Å². The molecule has 1 aromatic carbocycles. The maximum atomic E-state index is 11.9. The van der Waals surface area contributed by atoms with Crippen molar-refractivity contribution in [3.05, 3.63) is 45.2 Å². The number of nitrogens with one attached hydrogen (secondary N) is 1. The number of fused-ring (bicyclic) bond motifs is 1. The van der Waals surface area contributed by atoms with Crippen molar-refractivity contribution in [2.24, 2.45) is 7.05 Å². The van der Waals surface area contributed by atoms with Gasteiger partial charge in [0.25, 0.3) is 5.56 Å². The van der Waals surface area contributed by atoms with Crippen LogP contribution in [-0.2, 0) is 7.05 Å². The van der Waals surface area contributed by atoms with Crippen LogP contribution in [-0.4, -0.2) is 22.8 Å². The molecule has 0 radical (unpaired) electrons. The van der Waals surface area contributed by atoms with Crippen molar-refractivity contribution in [2.75, 3.05) is 13.2 Å². The van der Waals surface area contributed by atoms with Crippen LogP contribution < -0.4 is 20.7 Å². The molecular weight excluding hydrogens is 260 g/mol. The average molecular weight is 274 g/mol. The summed E-state index contributed by atoms with van der Waals surface area (Å²) in [4.78, 5) is 25.5. The lowest BCUT2D eigenvalue weighted by Crippen LogP contribution is -2.28. The fraction of sp³-hybridized carbons (Fsp3) is 0.286. The summed E-state index contributed by atoms with van der Waals surface area (Å²) < 4.78 is 12.5. The molecule has 2 heterocycles. The van der Waals surface area contributed by atoms with Gasteiger partial charge >= 0.3 is 5.69 Å². The van der Waals surface area contributed by atoms with E-state index in [0.717, 1.165) is 6.42 Å². The third-order valence-corrected chi connectivity index (χ3v) is 3.17. The highest BCUT2D eigenvalue weighted by atomic mass is 16.5. The third kappa shape index (κ3) is 2.20. The Bertz CT molecular complexity index is 760. The van der Waals surface area contributed by atoms with Crippen molar-refractivity contribution in [1.82, 2.24) is 9.55 Å². The predicted octanol–water partition coefficient (Wildman–Crippen LogP) is 0.902. The number of H-pyrrole nitrogens is 1. The van der Waals surface area contributed by atoms with Gasteiger partial charge in [0.15, 0.2) is 11.5 Å². The Morgan fingerprint density at radius 2 is 1.90 bits per heavy atom. The number of nitrogens with zero attached hydrogens (tertiary/aromatic N) is 1. The molecule has 0 fully saturated rings.